The largest absolute Gasteiger partial charge is 0.427 e. The van der Waals surface area contributed by atoms with Crippen LogP contribution >= 0.6 is 0 Å². The van der Waals surface area contributed by atoms with Crippen LogP contribution in [-0.2, 0) is 4.79 Å². The Balaban J connectivity index is 2.70. The average Bonchev–Trinajstić information content (AvgIpc) is 2.59. The Hall–Kier alpha value is -1.90. The predicted octanol–water partition coefficient (Wildman–Crippen LogP) is 5.02. The minimum absolute atomic E-state index is 0.102. The minimum atomic E-state index is -6.22. The molecule has 27 heavy (non-hydrogen) atoms. The molecule has 0 amide bonds. The van der Waals surface area contributed by atoms with Crippen molar-refractivity contribution in [1.29, 1.82) is 0 Å². The van der Waals surface area contributed by atoms with Gasteiger partial charge in [0.05, 0.1) is 5.41 Å². The van der Waals surface area contributed by atoms with E-state index in [1.807, 2.05) is 0 Å². The minimum Gasteiger partial charge on any atom is -0.373 e. The highest BCUT2D eigenvalue weighted by Gasteiger charge is 2.80. The van der Waals surface area contributed by atoms with Gasteiger partial charge in [0.15, 0.2) is 0 Å². The van der Waals surface area contributed by atoms with Crippen LogP contribution in [0.25, 0.3) is 5.57 Å². The quantitative estimate of drug-likeness (QED) is 0.571. The molecule has 0 saturated heterocycles. The lowest BCUT2D eigenvalue weighted by Gasteiger charge is -2.49. The predicted molar refractivity (Wildman–Crippen MR) is 83.3 cm³/mol. The van der Waals surface area contributed by atoms with Crippen molar-refractivity contribution in [2.75, 3.05) is 0 Å². The molecule has 0 fully saturated rings. The fourth-order valence-corrected chi connectivity index (χ4v) is 3.62. The topological polar surface area (TPSA) is 37.3 Å². The zero-order chi connectivity index (χ0) is 20.7. The SMILES string of the molecule is CCC1(F)CC(C=O)(C(O)(C(F)(F)F)C(F)(F)F)CC=C1c1ccccc1. The Labute approximate surface area is 150 Å². The Bertz CT molecular complexity index is 709. The Morgan fingerprint density at radius 2 is 1.59 bits per heavy atom. The van der Waals surface area contributed by atoms with E-state index in [4.69, 9.17) is 0 Å². The number of aldehydes is 1. The maximum absolute atomic E-state index is 15.6. The van der Waals surface area contributed by atoms with Gasteiger partial charge in [0.2, 0.25) is 0 Å². The van der Waals surface area contributed by atoms with E-state index in [1.54, 1.807) is 6.07 Å². The molecular weight excluding hydrogens is 381 g/mol. The molecule has 0 saturated carbocycles. The normalized spacial score (nSPS) is 27.2. The van der Waals surface area contributed by atoms with Gasteiger partial charge in [0, 0.05) is 6.42 Å². The van der Waals surface area contributed by atoms with Gasteiger partial charge in [0.25, 0.3) is 5.60 Å². The molecule has 2 unspecified atom stereocenters. The lowest BCUT2D eigenvalue weighted by Crippen LogP contribution is -2.69. The Morgan fingerprint density at radius 3 is 2.00 bits per heavy atom. The molecule has 1 N–H and O–H groups in total. The molecule has 0 radical (unpaired) electrons. The molecule has 0 bridgehead atoms. The van der Waals surface area contributed by atoms with Crippen molar-refractivity contribution in [3.63, 3.8) is 0 Å². The number of alkyl halides is 7. The van der Waals surface area contributed by atoms with Gasteiger partial charge in [-0.05, 0) is 24.0 Å². The second-order valence-corrected chi connectivity index (χ2v) is 6.66. The summed E-state index contributed by atoms with van der Waals surface area (Å²) in [6, 6.07) is 7.61. The monoisotopic (exact) mass is 398 g/mol. The van der Waals surface area contributed by atoms with E-state index in [9.17, 15) is 36.2 Å². The number of halogens is 7. The summed E-state index contributed by atoms with van der Waals surface area (Å²) in [5.41, 5.74) is -11.3. The van der Waals surface area contributed by atoms with Crippen LogP contribution in [-0.4, -0.2) is 35.0 Å². The molecule has 2 rings (SSSR count). The van der Waals surface area contributed by atoms with E-state index in [-0.39, 0.29) is 11.1 Å². The van der Waals surface area contributed by atoms with Crippen LogP contribution in [0.4, 0.5) is 30.7 Å². The molecule has 0 aromatic heterocycles. The third-order valence-corrected chi connectivity index (χ3v) is 5.16. The molecule has 0 aliphatic heterocycles. The zero-order valence-corrected chi connectivity index (χ0v) is 14.2. The lowest BCUT2D eigenvalue weighted by molar-refractivity contribution is -0.398. The number of benzene rings is 1. The van der Waals surface area contributed by atoms with Crippen LogP contribution in [0.3, 0.4) is 0 Å². The Kier molecular flexibility index (Phi) is 5.24. The summed E-state index contributed by atoms with van der Waals surface area (Å²) >= 11 is 0. The summed E-state index contributed by atoms with van der Waals surface area (Å²) in [6.45, 7) is 1.25. The number of carbonyl (C=O) groups excluding carboxylic acids is 1. The fraction of sp³-hybridized carbons (Fsp3) is 0.500. The number of hydrogen-bond donors (Lipinski definition) is 1. The summed E-state index contributed by atoms with van der Waals surface area (Å²) in [4.78, 5) is 11.5. The summed E-state index contributed by atoms with van der Waals surface area (Å²) in [5, 5.41) is 9.77. The van der Waals surface area contributed by atoms with E-state index >= 15 is 4.39 Å². The van der Waals surface area contributed by atoms with Gasteiger partial charge < -0.3 is 9.90 Å². The van der Waals surface area contributed by atoms with Crippen LogP contribution in [0, 0.1) is 5.41 Å². The third-order valence-electron chi connectivity index (χ3n) is 5.16. The van der Waals surface area contributed by atoms with E-state index in [2.05, 4.69) is 0 Å². The molecule has 1 aliphatic carbocycles. The van der Waals surface area contributed by atoms with Gasteiger partial charge in [-0.1, -0.05) is 43.3 Å². The molecule has 1 aromatic carbocycles. The van der Waals surface area contributed by atoms with E-state index < -0.39 is 54.6 Å². The van der Waals surface area contributed by atoms with Crippen molar-refractivity contribution in [2.45, 2.75) is 49.8 Å². The molecule has 0 heterocycles. The second kappa shape index (κ2) is 6.61. The highest BCUT2D eigenvalue weighted by Crippen LogP contribution is 2.60. The first-order chi connectivity index (χ1) is 12.3. The van der Waals surface area contributed by atoms with Crippen molar-refractivity contribution in [3.8, 4) is 0 Å². The Morgan fingerprint density at radius 1 is 1.07 bits per heavy atom. The van der Waals surface area contributed by atoms with Gasteiger partial charge >= 0.3 is 12.4 Å². The first-order valence-electron chi connectivity index (χ1n) is 8.05. The highest BCUT2D eigenvalue weighted by atomic mass is 19.4. The lowest BCUT2D eigenvalue weighted by atomic mass is 9.59. The molecule has 2 atom stereocenters. The van der Waals surface area contributed by atoms with Crippen LogP contribution in [0.15, 0.2) is 36.4 Å². The number of carbonyl (C=O) groups is 1. The fourth-order valence-electron chi connectivity index (χ4n) is 3.62. The summed E-state index contributed by atoms with van der Waals surface area (Å²) in [5.74, 6) is 0. The summed E-state index contributed by atoms with van der Waals surface area (Å²) < 4.78 is 95.5. The molecule has 1 aromatic rings. The van der Waals surface area contributed by atoms with Crippen molar-refractivity contribution >= 4 is 11.9 Å². The third kappa shape index (κ3) is 3.15. The number of allylic oxidation sites excluding steroid dienone is 2. The zero-order valence-electron chi connectivity index (χ0n) is 14.2. The first-order valence-corrected chi connectivity index (χ1v) is 8.05. The van der Waals surface area contributed by atoms with Crippen LogP contribution in [0.5, 0.6) is 0 Å². The van der Waals surface area contributed by atoms with Gasteiger partial charge in [0.1, 0.15) is 12.0 Å². The van der Waals surface area contributed by atoms with E-state index in [0.29, 0.717) is 0 Å². The van der Waals surface area contributed by atoms with Crippen molar-refractivity contribution < 1.29 is 40.6 Å². The van der Waals surface area contributed by atoms with E-state index in [0.717, 1.165) is 6.08 Å². The molecule has 2 nitrogen and oxygen atoms in total. The number of hydrogen-bond acceptors (Lipinski definition) is 2. The molecule has 9 heteroatoms. The molecular formula is C18H17F7O2. The molecule has 1 aliphatic rings. The van der Waals surface area contributed by atoms with Gasteiger partial charge in [-0.25, -0.2) is 4.39 Å². The maximum atomic E-state index is 15.6. The standard InChI is InChI=1S/C18H17F7O2/c1-2-15(19)10-14(11-26,16(27,17(20,21)22)18(23,24)25)9-8-13(15)12-6-4-3-5-7-12/h3-8,11,27H,2,9-10H2,1H3. The van der Waals surface area contributed by atoms with Gasteiger partial charge in [-0.2, -0.15) is 26.3 Å². The highest BCUT2D eigenvalue weighted by molar-refractivity contribution is 5.77. The number of rotatable bonds is 4. The second-order valence-electron chi connectivity index (χ2n) is 6.66. The summed E-state index contributed by atoms with van der Waals surface area (Å²) in [6.07, 6.45) is -15.2. The maximum Gasteiger partial charge on any atom is 0.427 e. The summed E-state index contributed by atoms with van der Waals surface area (Å²) in [7, 11) is 0. The van der Waals surface area contributed by atoms with Crippen molar-refractivity contribution in [3.05, 3.63) is 42.0 Å². The van der Waals surface area contributed by atoms with Crippen LogP contribution in [0.2, 0.25) is 0 Å². The van der Waals surface area contributed by atoms with E-state index in [1.165, 1.54) is 31.2 Å². The average molecular weight is 398 g/mol. The van der Waals surface area contributed by atoms with Gasteiger partial charge in [-0.15, -0.1) is 0 Å². The van der Waals surface area contributed by atoms with Crippen LogP contribution in [0.1, 0.15) is 31.7 Å². The van der Waals surface area contributed by atoms with Crippen molar-refractivity contribution in [1.82, 2.24) is 0 Å². The van der Waals surface area contributed by atoms with Crippen molar-refractivity contribution in [2.24, 2.45) is 5.41 Å². The molecule has 0 spiro atoms. The molecule has 150 valence electrons. The first kappa shape index (κ1) is 21.4. The van der Waals surface area contributed by atoms with Gasteiger partial charge in [-0.3, -0.25) is 0 Å². The smallest absolute Gasteiger partial charge is 0.373 e. The van der Waals surface area contributed by atoms with Crippen LogP contribution < -0.4 is 0 Å². The number of aliphatic hydroxyl groups is 1.